The number of carbonyl (C=O) groups excluding carboxylic acids is 1. The molecule has 6 nitrogen and oxygen atoms in total. The minimum atomic E-state index is -2.61. The molecule has 0 atom stereocenters. The van der Waals surface area contributed by atoms with Gasteiger partial charge >= 0.3 is 0 Å². The molecule has 4 aromatic rings. The van der Waals surface area contributed by atoms with Crippen LogP contribution in [0, 0.1) is 6.92 Å². The van der Waals surface area contributed by atoms with Gasteiger partial charge in [0, 0.05) is 30.1 Å². The third kappa shape index (κ3) is 3.95. The standard InChI is InChI=1S/C25H21F2N5O/c1-15-4-2-3-5-18(15)17-10-20-19(6-8-28-24(20)29-12-17)16-7-9-32-22(11-16)21(13-31-32)25(33)30-14-23(26)27/h2-7,9-13,23H,8,14H2,1H3,(H,28,29)(H,30,33). The predicted molar refractivity (Wildman–Crippen MR) is 124 cm³/mol. The number of aromatic nitrogens is 3. The molecule has 166 valence electrons. The fraction of sp³-hybridized carbons (Fsp3) is 0.160. The van der Waals surface area contributed by atoms with E-state index in [2.05, 4.69) is 51.9 Å². The largest absolute Gasteiger partial charge is 0.366 e. The molecule has 1 amide bonds. The van der Waals surface area contributed by atoms with Gasteiger partial charge in [0.1, 0.15) is 5.82 Å². The van der Waals surface area contributed by atoms with Gasteiger partial charge in [0.2, 0.25) is 0 Å². The van der Waals surface area contributed by atoms with Crippen molar-refractivity contribution in [3.8, 4) is 11.1 Å². The van der Waals surface area contributed by atoms with E-state index in [1.165, 1.54) is 6.20 Å². The summed E-state index contributed by atoms with van der Waals surface area (Å²) in [5, 5.41) is 9.73. The van der Waals surface area contributed by atoms with Crippen molar-refractivity contribution in [3.63, 3.8) is 0 Å². The number of hydrogen-bond acceptors (Lipinski definition) is 4. The smallest absolute Gasteiger partial charge is 0.255 e. The third-order valence-electron chi connectivity index (χ3n) is 5.70. The van der Waals surface area contributed by atoms with Gasteiger partial charge in [0.05, 0.1) is 23.8 Å². The van der Waals surface area contributed by atoms with Crippen LogP contribution in [0.2, 0.25) is 0 Å². The number of halogens is 2. The zero-order valence-corrected chi connectivity index (χ0v) is 17.8. The van der Waals surface area contributed by atoms with Crippen molar-refractivity contribution < 1.29 is 13.6 Å². The summed E-state index contributed by atoms with van der Waals surface area (Å²) >= 11 is 0. The highest BCUT2D eigenvalue weighted by Crippen LogP contribution is 2.35. The zero-order chi connectivity index (χ0) is 22.9. The lowest BCUT2D eigenvalue weighted by Crippen LogP contribution is -2.28. The van der Waals surface area contributed by atoms with Gasteiger partial charge < -0.3 is 10.6 Å². The number of nitrogens with one attached hydrogen (secondary N) is 2. The summed E-state index contributed by atoms with van der Waals surface area (Å²) in [6.07, 6.45) is 4.48. The van der Waals surface area contributed by atoms with Crippen LogP contribution in [0.5, 0.6) is 0 Å². The van der Waals surface area contributed by atoms with E-state index in [-0.39, 0.29) is 5.56 Å². The second-order valence-corrected chi connectivity index (χ2v) is 7.84. The lowest BCUT2D eigenvalue weighted by Gasteiger charge is -2.20. The number of alkyl halides is 2. The first-order chi connectivity index (χ1) is 16.0. The van der Waals surface area contributed by atoms with E-state index in [0.717, 1.165) is 39.2 Å². The van der Waals surface area contributed by atoms with Crippen LogP contribution in [-0.4, -0.2) is 40.0 Å². The maximum Gasteiger partial charge on any atom is 0.255 e. The number of anilines is 1. The Labute approximate surface area is 189 Å². The normalized spacial score (nSPS) is 12.9. The van der Waals surface area contributed by atoms with Crippen LogP contribution < -0.4 is 10.6 Å². The number of pyridine rings is 2. The van der Waals surface area contributed by atoms with E-state index in [0.29, 0.717) is 12.1 Å². The Hall–Kier alpha value is -4.07. The molecule has 33 heavy (non-hydrogen) atoms. The van der Waals surface area contributed by atoms with E-state index < -0.39 is 18.9 Å². The number of carbonyl (C=O) groups is 1. The molecular formula is C25H21F2N5O. The molecule has 0 spiro atoms. The summed E-state index contributed by atoms with van der Waals surface area (Å²) in [5.74, 6) is 0.207. The molecule has 0 saturated carbocycles. The average molecular weight is 445 g/mol. The van der Waals surface area contributed by atoms with E-state index in [4.69, 9.17) is 0 Å². The zero-order valence-electron chi connectivity index (χ0n) is 17.8. The van der Waals surface area contributed by atoms with Crippen molar-refractivity contribution in [1.29, 1.82) is 0 Å². The van der Waals surface area contributed by atoms with Gasteiger partial charge in [0.25, 0.3) is 12.3 Å². The first kappa shape index (κ1) is 20.8. The van der Waals surface area contributed by atoms with Crippen LogP contribution in [0.3, 0.4) is 0 Å². The van der Waals surface area contributed by atoms with Gasteiger partial charge in [-0.1, -0.05) is 30.3 Å². The van der Waals surface area contributed by atoms with E-state index in [1.54, 1.807) is 10.7 Å². The maximum absolute atomic E-state index is 12.5. The van der Waals surface area contributed by atoms with Gasteiger partial charge in [-0.15, -0.1) is 0 Å². The van der Waals surface area contributed by atoms with Crippen molar-refractivity contribution in [1.82, 2.24) is 19.9 Å². The fourth-order valence-electron chi connectivity index (χ4n) is 4.08. The number of rotatable bonds is 5. The molecule has 3 aromatic heterocycles. The average Bonchev–Trinajstić information content (AvgIpc) is 3.25. The second kappa shape index (κ2) is 8.46. The molecule has 0 aliphatic carbocycles. The Balaban J connectivity index is 1.55. The molecule has 1 aromatic carbocycles. The third-order valence-corrected chi connectivity index (χ3v) is 5.70. The number of nitrogens with zero attached hydrogens (tertiary/aromatic N) is 3. The quantitative estimate of drug-likeness (QED) is 0.473. The number of amides is 1. The van der Waals surface area contributed by atoms with Crippen molar-refractivity contribution in [2.75, 3.05) is 18.4 Å². The van der Waals surface area contributed by atoms with Crippen molar-refractivity contribution in [2.24, 2.45) is 0 Å². The summed E-state index contributed by atoms with van der Waals surface area (Å²) in [5.41, 5.74) is 6.90. The SMILES string of the molecule is Cc1ccccc1-c1cnc2c(c1)C(c1ccn3ncc(C(=O)NCC(F)F)c3c1)=CCN2. The van der Waals surface area contributed by atoms with Crippen LogP contribution in [0.15, 0.2) is 67.1 Å². The van der Waals surface area contributed by atoms with Crippen LogP contribution in [0.25, 0.3) is 22.2 Å². The highest BCUT2D eigenvalue weighted by molar-refractivity contribution is 6.01. The first-order valence-corrected chi connectivity index (χ1v) is 10.6. The van der Waals surface area contributed by atoms with Crippen molar-refractivity contribution in [2.45, 2.75) is 13.3 Å². The monoisotopic (exact) mass is 445 g/mol. The minimum absolute atomic E-state index is 0.249. The molecule has 0 fully saturated rings. The summed E-state index contributed by atoms with van der Waals surface area (Å²) in [7, 11) is 0. The molecule has 5 rings (SSSR count). The predicted octanol–water partition coefficient (Wildman–Crippen LogP) is 4.56. The molecule has 8 heteroatoms. The fourth-order valence-corrected chi connectivity index (χ4v) is 4.08. The van der Waals surface area contributed by atoms with Crippen LogP contribution in [0.4, 0.5) is 14.6 Å². The number of aryl methyl sites for hydroxylation is 1. The molecule has 0 unspecified atom stereocenters. The Morgan fingerprint density at radius 1 is 1.15 bits per heavy atom. The van der Waals surface area contributed by atoms with E-state index in [9.17, 15) is 13.6 Å². The van der Waals surface area contributed by atoms with Gasteiger partial charge in [-0.2, -0.15) is 5.10 Å². The minimum Gasteiger partial charge on any atom is -0.366 e. The molecule has 0 radical (unpaired) electrons. The lowest BCUT2D eigenvalue weighted by molar-refractivity contribution is 0.0893. The number of hydrogen-bond donors (Lipinski definition) is 2. The Morgan fingerprint density at radius 2 is 2.00 bits per heavy atom. The maximum atomic E-state index is 12.5. The van der Waals surface area contributed by atoms with Gasteiger partial charge in [-0.25, -0.2) is 18.3 Å². The highest BCUT2D eigenvalue weighted by Gasteiger charge is 2.19. The Morgan fingerprint density at radius 3 is 2.82 bits per heavy atom. The molecule has 2 N–H and O–H groups in total. The Kier molecular flexibility index (Phi) is 5.34. The molecule has 0 saturated heterocycles. The first-order valence-electron chi connectivity index (χ1n) is 10.6. The molecule has 1 aliphatic rings. The van der Waals surface area contributed by atoms with Gasteiger partial charge in [-0.05, 0) is 47.4 Å². The van der Waals surface area contributed by atoms with Crippen molar-refractivity contribution >= 4 is 22.8 Å². The van der Waals surface area contributed by atoms with Crippen LogP contribution in [0.1, 0.15) is 27.0 Å². The number of benzene rings is 1. The highest BCUT2D eigenvalue weighted by atomic mass is 19.3. The summed E-state index contributed by atoms with van der Waals surface area (Å²) in [4.78, 5) is 17.1. The molecule has 4 heterocycles. The summed E-state index contributed by atoms with van der Waals surface area (Å²) in [6, 6.07) is 14.0. The molecular weight excluding hydrogens is 424 g/mol. The van der Waals surface area contributed by atoms with E-state index in [1.807, 2.05) is 30.5 Å². The number of fused-ring (bicyclic) bond motifs is 2. The summed E-state index contributed by atoms with van der Waals surface area (Å²) in [6.45, 7) is 1.98. The van der Waals surface area contributed by atoms with Gasteiger partial charge in [-0.3, -0.25) is 4.79 Å². The van der Waals surface area contributed by atoms with E-state index >= 15 is 0 Å². The molecule has 0 bridgehead atoms. The van der Waals surface area contributed by atoms with Crippen molar-refractivity contribution in [3.05, 3.63) is 89.4 Å². The van der Waals surface area contributed by atoms with Crippen LogP contribution in [-0.2, 0) is 0 Å². The summed E-state index contributed by atoms with van der Waals surface area (Å²) < 4.78 is 26.6. The Bertz CT molecular complexity index is 1390. The molecule has 1 aliphatic heterocycles. The van der Waals surface area contributed by atoms with Crippen LogP contribution >= 0.6 is 0 Å². The topological polar surface area (TPSA) is 71.3 Å². The lowest BCUT2D eigenvalue weighted by atomic mass is 9.93. The van der Waals surface area contributed by atoms with Gasteiger partial charge in [0.15, 0.2) is 0 Å². The second-order valence-electron chi connectivity index (χ2n) is 7.84.